The van der Waals surface area contributed by atoms with Gasteiger partial charge in [-0.1, -0.05) is 82.1 Å². The second-order valence-electron chi connectivity index (χ2n) is 10.9. The molecule has 0 fully saturated rings. The third kappa shape index (κ3) is 6.17. The van der Waals surface area contributed by atoms with E-state index in [0.717, 1.165) is 47.2 Å². The Labute approximate surface area is 226 Å². The number of carbonyl (C=O) groups excluding carboxylic acids is 3. The molecule has 2 aliphatic rings. The Balaban J connectivity index is 1.46. The van der Waals surface area contributed by atoms with E-state index in [1.54, 1.807) is 0 Å². The lowest BCUT2D eigenvalue weighted by Crippen LogP contribution is -2.42. The van der Waals surface area contributed by atoms with Crippen LogP contribution in [0.25, 0.3) is 0 Å². The lowest BCUT2D eigenvalue weighted by Gasteiger charge is -2.37. The Kier molecular flexibility index (Phi) is 9.03. The quantitative estimate of drug-likeness (QED) is 0.286. The van der Waals surface area contributed by atoms with Crippen LogP contribution in [0, 0.1) is 5.92 Å². The van der Waals surface area contributed by atoms with Crippen molar-refractivity contribution in [3.05, 3.63) is 76.9 Å². The number of carbonyl (C=O) groups is 3. The molecule has 0 spiro atoms. The van der Waals surface area contributed by atoms with Gasteiger partial charge in [0, 0.05) is 42.8 Å². The van der Waals surface area contributed by atoms with Crippen molar-refractivity contribution in [3.63, 3.8) is 0 Å². The van der Waals surface area contributed by atoms with Crippen molar-refractivity contribution in [2.24, 2.45) is 5.92 Å². The highest BCUT2D eigenvalue weighted by molar-refractivity contribution is 5.94. The maximum Gasteiger partial charge on any atom is 0.335 e. The molecule has 2 amide bonds. The van der Waals surface area contributed by atoms with E-state index in [1.807, 2.05) is 59.5 Å². The molecule has 1 N–H and O–H groups in total. The number of unbranched alkanes of at least 4 members (excludes halogenated alkanes) is 2. The number of rotatable bonds is 11. The third-order valence-electron chi connectivity index (χ3n) is 7.54. The molecule has 0 aromatic heterocycles. The number of nitrogens with one attached hydrogen (secondary N) is 1. The molecule has 38 heavy (non-hydrogen) atoms. The molecule has 6 nitrogen and oxygen atoms in total. The molecule has 0 bridgehead atoms. The van der Waals surface area contributed by atoms with E-state index in [1.165, 1.54) is 0 Å². The van der Waals surface area contributed by atoms with Gasteiger partial charge in [0.2, 0.25) is 11.8 Å². The first-order chi connectivity index (χ1) is 18.3. The minimum atomic E-state index is -0.824. The van der Waals surface area contributed by atoms with Crippen LogP contribution >= 0.6 is 0 Å². The number of cyclic esters (lactones) is 1. The highest BCUT2D eigenvalue weighted by Gasteiger charge is 2.50. The summed E-state index contributed by atoms with van der Waals surface area (Å²) in [6.45, 7) is 7.28. The van der Waals surface area contributed by atoms with Gasteiger partial charge in [0.25, 0.3) is 0 Å². The molecule has 6 heteroatoms. The first kappa shape index (κ1) is 27.6. The van der Waals surface area contributed by atoms with Crippen molar-refractivity contribution < 1.29 is 19.1 Å². The minimum Gasteiger partial charge on any atom is -0.446 e. The summed E-state index contributed by atoms with van der Waals surface area (Å²) in [5.41, 5.74) is 3.54. The minimum absolute atomic E-state index is 0.0148. The summed E-state index contributed by atoms with van der Waals surface area (Å²) in [7, 11) is 0. The van der Waals surface area contributed by atoms with Crippen LogP contribution in [0.3, 0.4) is 0 Å². The van der Waals surface area contributed by atoms with Gasteiger partial charge in [-0.2, -0.15) is 0 Å². The van der Waals surface area contributed by atoms with Crippen LogP contribution in [0.15, 0.2) is 65.7 Å². The van der Waals surface area contributed by atoms with E-state index in [-0.39, 0.29) is 17.8 Å². The van der Waals surface area contributed by atoms with Gasteiger partial charge in [0.15, 0.2) is 5.60 Å². The van der Waals surface area contributed by atoms with Crippen LogP contribution in [0.1, 0.15) is 76.8 Å². The fraction of sp³-hybridized carbons (Fsp3) is 0.469. The molecule has 2 aliphatic heterocycles. The van der Waals surface area contributed by atoms with E-state index < -0.39 is 5.60 Å². The maximum absolute atomic E-state index is 13.4. The van der Waals surface area contributed by atoms with E-state index in [9.17, 15) is 14.4 Å². The number of anilines is 1. The summed E-state index contributed by atoms with van der Waals surface area (Å²) in [6, 6.07) is 17.6. The van der Waals surface area contributed by atoms with Crippen LogP contribution < -0.4 is 5.32 Å². The average Bonchev–Trinajstić information content (AvgIpc) is 3.19. The van der Waals surface area contributed by atoms with E-state index in [4.69, 9.17) is 4.74 Å². The summed E-state index contributed by atoms with van der Waals surface area (Å²) in [5.74, 6) is 0.113. The van der Waals surface area contributed by atoms with Crippen molar-refractivity contribution in [2.75, 3.05) is 18.4 Å². The van der Waals surface area contributed by atoms with Gasteiger partial charge in [-0.25, -0.2) is 4.79 Å². The molecule has 2 aromatic carbocycles. The van der Waals surface area contributed by atoms with E-state index in [2.05, 4.69) is 26.1 Å². The van der Waals surface area contributed by atoms with Gasteiger partial charge in [-0.3, -0.25) is 9.59 Å². The summed E-state index contributed by atoms with van der Waals surface area (Å²) < 4.78 is 6.15. The summed E-state index contributed by atoms with van der Waals surface area (Å²) in [5, 5.41) is 3.03. The van der Waals surface area contributed by atoms with Gasteiger partial charge >= 0.3 is 5.97 Å². The molecule has 202 valence electrons. The second kappa shape index (κ2) is 12.4. The van der Waals surface area contributed by atoms with Crippen molar-refractivity contribution in [2.45, 2.75) is 77.7 Å². The van der Waals surface area contributed by atoms with Crippen LogP contribution in [0.2, 0.25) is 0 Å². The van der Waals surface area contributed by atoms with Crippen molar-refractivity contribution in [1.82, 2.24) is 4.90 Å². The Morgan fingerprint density at radius 2 is 1.76 bits per heavy atom. The molecule has 2 aromatic rings. The zero-order valence-electron chi connectivity index (χ0n) is 22.9. The third-order valence-corrected chi connectivity index (χ3v) is 7.54. The molecule has 1 atom stereocenters. The molecular formula is C32H40N2O4. The first-order valence-electron chi connectivity index (χ1n) is 14.0. The Hall–Kier alpha value is -3.41. The number of aryl methyl sites for hydroxylation is 1. The zero-order valence-corrected chi connectivity index (χ0v) is 22.9. The van der Waals surface area contributed by atoms with Gasteiger partial charge in [0.05, 0.1) is 0 Å². The number of ether oxygens (including phenoxy) is 1. The number of esters is 1. The van der Waals surface area contributed by atoms with Crippen molar-refractivity contribution in [3.8, 4) is 0 Å². The topological polar surface area (TPSA) is 75.7 Å². The van der Waals surface area contributed by atoms with Crippen LogP contribution in [-0.2, 0) is 31.1 Å². The lowest BCUT2D eigenvalue weighted by molar-refractivity contribution is -0.149. The van der Waals surface area contributed by atoms with Crippen molar-refractivity contribution >= 4 is 23.5 Å². The first-order valence-corrected chi connectivity index (χ1v) is 14.0. The average molecular weight is 517 g/mol. The summed E-state index contributed by atoms with van der Waals surface area (Å²) in [6.07, 6.45) is 5.56. The zero-order chi connectivity index (χ0) is 27.1. The molecule has 0 aliphatic carbocycles. The predicted octanol–water partition coefficient (Wildman–Crippen LogP) is 6.17. The molecule has 0 saturated heterocycles. The smallest absolute Gasteiger partial charge is 0.335 e. The van der Waals surface area contributed by atoms with Gasteiger partial charge in [-0.05, 0) is 48.8 Å². The Bertz CT molecular complexity index is 1190. The van der Waals surface area contributed by atoms with Gasteiger partial charge in [-0.15, -0.1) is 0 Å². The second-order valence-corrected chi connectivity index (χ2v) is 10.9. The van der Waals surface area contributed by atoms with Gasteiger partial charge < -0.3 is 15.0 Å². The number of para-hydroxylation sites is 1. The highest BCUT2D eigenvalue weighted by atomic mass is 16.6. The molecular weight excluding hydrogens is 476 g/mol. The molecule has 1 unspecified atom stereocenters. The largest absolute Gasteiger partial charge is 0.446 e. The van der Waals surface area contributed by atoms with Gasteiger partial charge in [0.1, 0.15) is 0 Å². The highest BCUT2D eigenvalue weighted by Crippen LogP contribution is 2.48. The molecule has 0 saturated carbocycles. The molecule has 2 heterocycles. The molecule has 4 rings (SSSR count). The summed E-state index contributed by atoms with van der Waals surface area (Å²) >= 11 is 0. The monoisotopic (exact) mass is 516 g/mol. The number of amides is 2. The fourth-order valence-corrected chi connectivity index (χ4v) is 5.66. The van der Waals surface area contributed by atoms with E-state index in [0.29, 0.717) is 51.1 Å². The normalized spacial score (nSPS) is 18.9. The van der Waals surface area contributed by atoms with Crippen molar-refractivity contribution in [1.29, 1.82) is 0 Å². The predicted molar refractivity (Wildman–Crippen MR) is 149 cm³/mol. The Morgan fingerprint density at radius 1 is 1.03 bits per heavy atom. The number of hydrogen-bond donors (Lipinski definition) is 1. The number of hydrogen-bond acceptors (Lipinski definition) is 4. The Morgan fingerprint density at radius 3 is 2.50 bits per heavy atom. The van der Waals surface area contributed by atoms with Crippen LogP contribution in [0.5, 0.6) is 0 Å². The molecule has 0 radical (unpaired) electrons. The lowest BCUT2D eigenvalue weighted by atomic mass is 9.77. The number of benzene rings is 2. The van der Waals surface area contributed by atoms with E-state index >= 15 is 0 Å². The van der Waals surface area contributed by atoms with Crippen LogP contribution in [-0.4, -0.2) is 35.8 Å². The maximum atomic E-state index is 13.4. The SMILES string of the molecule is CCCCCC(=O)Nc1ccccc1CCC(=O)N1CCC2=C(C1)C(CC(C)C)(c1ccccc1)OC2=O. The summed E-state index contributed by atoms with van der Waals surface area (Å²) in [4.78, 5) is 40.6. The number of nitrogens with zero attached hydrogens (tertiary/aromatic N) is 1. The standard InChI is InChI=1S/C32H40N2O4/c1-4-5-7-16-29(35)33-28-15-11-10-12-24(28)17-18-30(36)34-20-19-26-27(22-34)32(21-23(2)3,38-31(26)37)25-13-8-6-9-14-25/h6,8-15,23H,4-5,7,16-22H2,1-3H3,(H,33,35). The van der Waals surface area contributed by atoms with Crippen LogP contribution in [0.4, 0.5) is 5.69 Å². The fourth-order valence-electron chi connectivity index (χ4n) is 5.66.